The van der Waals surface area contributed by atoms with Crippen LogP contribution in [0.1, 0.15) is 59.3 Å². The van der Waals surface area contributed by atoms with Crippen LogP contribution in [0, 0.1) is 23.7 Å². The zero-order valence-corrected chi connectivity index (χ0v) is 13.4. The zero-order valence-electron chi connectivity index (χ0n) is 13.4. The fourth-order valence-corrected chi connectivity index (χ4v) is 3.79. The Morgan fingerprint density at radius 3 is 2.55 bits per heavy atom. The van der Waals surface area contributed by atoms with E-state index in [9.17, 15) is 4.79 Å². The Balaban J connectivity index is 1.83. The fourth-order valence-electron chi connectivity index (χ4n) is 3.79. The third kappa shape index (κ3) is 4.47. The predicted molar refractivity (Wildman–Crippen MR) is 81.4 cm³/mol. The summed E-state index contributed by atoms with van der Waals surface area (Å²) in [6.07, 6.45) is 6.56. The summed E-state index contributed by atoms with van der Waals surface area (Å²) in [5, 5.41) is 3.35. The van der Waals surface area contributed by atoms with Gasteiger partial charge >= 0.3 is 5.97 Å². The van der Waals surface area contributed by atoms with Crippen LogP contribution >= 0.6 is 0 Å². The number of esters is 1. The van der Waals surface area contributed by atoms with Gasteiger partial charge in [-0.1, -0.05) is 27.2 Å². The highest BCUT2D eigenvalue weighted by Gasteiger charge is 2.33. The van der Waals surface area contributed by atoms with Gasteiger partial charge in [-0.25, -0.2) is 0 Å². The maximum Gasteiger partial charge on any atom is 0.306 e. The molecule has 0 aromatic heterocycles. The first-order chi connectivity index (χ1) is 9.56. The number of piperidine rings is 1. The molecule has 1 aliphatic carbocycles. The van der Waals surface area contributed by atoms with E-state index in [0.717, 1.165) is 32.4 Å². The van der Waals surface area contributed by atoms with Crippen LogP contribution in [-0.4, -0.2) is 25.2 Å². The number of carbonyl (C=O) groups excluding carboxylic acids is 1. The van der Waals surface area contributed by atoms with Gasteiger partial charge in [0.25, 0.3) is 0 Å². The number of nitrogens with one attached hydrogen (secondary N) is 1. The third-order valence-electron chi connectivity index (χ3n) is 5.16. The van der Waals surface area contributed by atoms with Crippen LogP contribution in [0.5, 0.6) is 0 Å². The first kappa shape index (κ1) is 15.8. The minimum atomic E-state index is 0.0432. The third-order valence-corrected chi connectivity index (χ3v) is 5.16. The molecule has 3 unspecified atom stereocenters. The van der Waals surface area contributed by atoms with Crippen LogP contribution < -0.4 is 5.32 Å². The summed E-state index contributed by atoms with van der Waals surface area (Å²) >= 11 is 0. The molecule has 1 saturated carbocycles. The van der Waals surface area contributed by atoms with Crippen molar-refractivity contribution in [2.24, 2.45) is 23.7 Å². The molecule has 0 spiro atoms. The summed E-state index contributed by atoms with van der Waals surface area (Å²) < 4.78 is 5.88. The topological polar surface area (TPSA) is 38.3 Å². The van der Waals surface area contributed by atoms with Crippen molar-refractivity contribution in [2.75, 3.05) is 13.1 Å². The molecule has 0 radical (unpaired) electrons. The fraction of sp³-hybridized carbons (Fsp3) is 0.941. The van der Waals surface area contributed by atoms with Gasteiger partial charge in [0.2, 0.25) is 0 Å². The van der Waals surface area contributed by atoms with Gasteiger partial charge in [0, 0.05) is 6.42 Å². The monoisotopic (exact) mass is 281 g/mol. The van der Waals surface area contributed by atoms with Crippen molar-refractivity contribution < 1.29 is 9.53 Å². The maximum absolute atomic E-state index is 12.2. The smallest absolute Gasteiger partial charge is 0.306 e. The van der Waals surface area contributed by atoms with Gasteiger partial charge in [0.15, 0.2) is 0 Å². The molecule has 2 aliphatic rings. The molecule has 3 atom stereocenters. The Morgan fingerprint density at radius 2 is 1.90 bits per heavy atom. The van der Waals surface area contributed by atoms with E-state index >= 15 is 0 Å². The lowest BCUT2D eigenvalue weighted by molar-refractivity contribution is -0.157. The molecular weight excluding hydrogens is 250 g/mol. The molecule has 20 heavy (non-hydrogen) atoms. The lowest BCUT2D eigenvalue weighted by atomic mass is 9.75. The van der Waals surface area contributed by atoms with Crippen molar-refractivity contribution in [1.82, 2.24) is 5.32 Å². The molecule has 3 heteroatoms. The molecule has 1 aliphatic heterocycles. The predicted octanol–water partition coefficient (Wildman–Crippen LogP) is 3.38. The Labute approximate surface area is 123 Å². The molecule has 0 aromatic rings. The van der Waals surface area contributed by atoms with Gasteiger partial charge in [-0.15, -0.1) is 0 Å². The van der Waals surface area contributed by atoms with Crippen LogP contribution in [0.2, 0.25) is 0 Å². The Hall–Kier alpha value is -0.570. The van der Waals surface area contributed by atoms with E-state index in [2.05, 4.69) is 26.1 Å². The second-order valence-corrected chi connectivity index (χ2v) is 7.25. The van der Waals surface area contributed by atoms with E-state index in [1.54, 1.807) is 0 Å². The first-order valence-electron chi connectivity index (χ1n) is 8.46. The van der Waals surface area contributed by atoms with Crippen LogP contribution in [0.3, 0.4) is 0 Å². The summed E-state index contributed by atoms with van der Waals surface area (Å²) in [5.74, 6) is 2.44. The molecule has 1 N–H and O–H groups in total. The normalized spacial score (nSPS) is 32.3. The second-order valence-electron chi connectivity index (χ2n) is 7.25. The standard InChI is InChI=1S/C17H31NO2/c1-12(2)15-5-4-13(3)10-16(15)20-17(19)11-14-6-8-18-9-7-14/h12-16,18H,4-11H2,1-3H3. The van der Waals surface area contributed by atoms with E-state index in [0.29, 0.717) is 30.1 Å². The van der Waals surface area contributed by atoms with Gasteiger partial charge < -0.3 is 10.1 Å². The Bertz CT molecular complexity index is 310. The van der Waals surface area contributed by atoms with E-state index in [4.69, 9.17) is 4.74 Å². The summed E-state index contributed by atoms with van der Waals surface area (Å²) in [5.41, 5.74) is 0. The lowest BCUT2D eigenvalue weighted by Gasteiger charge is -2.37. The number of ether oxygens (including phenoxy) is 1. The maximum atomic E-state index is 12.2. The molecule has 2 fully saturated rings. The van der Waals surface area contributed by atoms with Gasteiger partial charge in [-0.3, -0.25) is 4.79 Å². The Kier molecular flexibility index (Phi) is 5.88. The van der Waals surface area contributed by atoms with Crippen molar-refractivity contribution in [1.29, 1.82) is 0 Å². The van der Waals surface area contributed by atoms with Crippen LogP contribution in [0.4, 0.5) is 0 Å². The van der Waals surface area contributed by atoms with E-state index in [1.807, 2.05) is 0 Å². The molecule has 0 amide bonds. The zero-order chi connectivity index (χ0) is 14.5. The quantitative estimate of drug-likeness (QED) is 0.803. The molecule has 1 heterocycles. The minimum Gasteiger partial charge on any atom is -0.462 e. The summed E-state index contributed by atoms with van der Waals surface area (Å²) in [7, 11) is 0. The number of carbonyl (C=O) groups is 1. The molecule has 1 saturated heterocycles. The Morgan fingerprint density at radius 1 is 1.20 bits per heavy atom. The minimum absolute atomic E-state index is 0.0432. The van der Waals surface area contributed by atoms with Crippen molar-refractivity contribution in [3.8, 4) is 0 Å². The molecule has 0 aromatic carbocycles. The molecule has 2 rings (SSSR count). The first-order valence-corrected chi connectivity index (χ1v) is 8.46. The number of rotatable bonds is 4. The summed E-state index contributed by atoms with van der Waals surface area (Å²) in [6, 6.07) is 0. The van der Waals surface area contributed by atoms with Gasteiger partial charge in [-0.05, 0) is 62.4 Å². The number of hydrogen-bond acceptors (Lipinski definition) is 3. The summed E-state index contributed by atoms with van der Waals surface area (Å²) in [4.78, 5) is 12.2. The average Bonchev–Trinajstić information content (AvgIpc) is 2.39. The largest absolute Gasteiger partial charge is 0.462 e. The molecule has 116 valence electrons. The van der Waals surface area contributed by atoms with E-state index in [-0.39, 0.29) is 12.1 Å². The highest BCUT2D eigenvalue weighted by molar-refractivity contribution is 5.70. The average molecular weight is 281 g/mol. The van der Waals surface area contributed by atoms with Gasteiger partial charge in [0.1, 0.15) is 6.10 Å². The van der Waals surface area contributed by atoms with Crippen molar-refractivity contribution in [3.63, 3.8) is 0 Å². The van der Waals surface area contributed by atoms with Gasteiger partial charge in [0.05, 0.1) is 0 Å². The van der Waals surface area contributed by atoms with Crippen LogP contribution in [0.25, 0.3) is 0 Å². The van der Waals surface area contributed by atoms with E-state index in [1.165, 1.54) is 12.8 Å². The van der Waals surface area contributed by atoms with Crippen molar-refractivity contribution >= 4 is 5.97 Å². The van der Waals surface area contributed by atoms with Gasteiger partial charge in [-0.2, -0.15) is 0 Å². The summed E-state index contributed by atoms with van der Waals surface area (Å²) in [6.45, 7) is 8.90. The molecule has 0 bridgehead atoms. The number of hydrogen-bond donors (Lipinski definition) is 1. The van der Waals surface area contributed by atoms with Crippen LogP contribution in [-0.2, 0) is 9.53 Å². The molecule has 3 nitrogen and oxygen atoms in total. The van der Waals surface area contributed by atoms with Crippen molar-refractivity contribution in [3.05, 3.63) is 0 Å². The highest BCUT2D eigenvalue weighted by atomic mass is 16.5. The SMILES string of the molecule is CC1CCC(C(C)C)C(OC(=O)CC2CCNCC2)C1. The lowest BCUT2D eigenvalue weighted by Crippen LogP contribution is -2.36. The van der Waals surface area contributed by atoms with Crippen molar-refractivity contribution in [2.45, 2.75) is 65.4 Å². The van der Waals surface area contributed by atoms with Crippen LogP contribution in [0.15, 0.2) is 0 Å². The second kappa shape index (κ2) is 7.44. The highest BCUT2D eigenvalue weighted by Crippen LogP contribution is 2.35. The van der Waals surface area contributed by atoms with E-state index < -0.39 is 0 Å². The molecular formula is C17H31NO2.